The van der Waals surface area contributed by atoms with Crippen molar-refractivity contribution in [3.63, 3.8) is 0 Å². The number of rotatable bonds is 11. The molecule has 10 heteroatoms. The highest BCUT2D eigenvalue weighted by Crippen LogP contribution is 2.45. The van der Waals surface area contributed by atoms with E-state index in [9.17, 15) is 0 Å². The summed E-state index contributed by atoms with van der Waals surface area (Å²) in [7, 11) is 0. The molecule has 0 saturated heterocycles. The number of para-hydroxylation sites is 5. The Morgan fingerprint density at radius 1 is 0.145 bits per heavy atom. The molecule has 110 heavy (non-hydrogen) atoms. The van der Waals surface area contributed by atoms with Crippen LogP contribution in [-0.4, -0.2) is 48.2 Å². The van der Waals surface area contributed by atoms with E-state index in [2.05, 4.69) is 285 Å². The van der Waals surface area contributed by atoms with Gasteiger partial charge in [0.2, 0.25) is 0 Å². The molecular formula is C100H64N10. The zero-order valence-corrected chi connectivity index (χ0v) is 59.4. The molecule has 0 radical (unpaired) electrons. The lowest BCUT2D eigenvalue weighted by atomic mass is 10.0. The van der Waals surface area contributed by atoms with Gasteiger partial charge < -0.3 is 18.3 Å². The van der Waals surface area contributed by atoms with Crippen LogP contribution < -0.4 is 0 Å². The maximum atomic E-state index is 5.10. The fraction of sp³-hybridized carbons (Fsp3) is 0. The predicted octanol–water partition coefficient (Wildman–Crippen LogP) is 25.0. The van der Waals surface area contributed by atoms with Crippen LogP contribution in [0.15, 0.2) is 388 Å². The molecular weight excluding hydrogens is 1340 g/mol. The smallest absolute Gasteiger partial charge is 0.164 e. The molecule has 0 spiro atoms. The molecule has 0 saturated carbocycles. The van der Waals surface area contributed by atoms with Gasteiger partial charge in [0, 0.05) is 98.9 Å². The van der Waals surface area contributed by atoms with Gasteiger partial charge in [-0.1, -0.05) is 297 Å². The van der Waals surface area contributed by atoms with Gasteiger partial charge in [-0.25, -0.2) is 29.9 Å². The average molecular weight is 1410 g/mol. The van der Waals surface area contributed by atoms with Gasteiger partial charge in [-0.15, -0.1) is 0 Å². The molecule has 0 aliphatic heterocycles. The summed E-state index contributed by atoms with van der Waals surface area (Å²) >= 11 is 0. The Morgan fingerprint density at radius 2 is 0.455 bits per heavy atom. The van der Waals surface area contributed by atoms with E-state index < -0.39 is 0 Å². The first kappa shape index (κ1) is 63.5. The summed E-state index contributed by atoms with van der Waals surface area (Å²) in [5, 5.41) is 12.0. The monoisotopic (exact) mass is 1400 g/mol. The van der Waals surface area contributed by atoms with Gasteiger partial charge in [0.05, 0.1) is 49.8 Å². The molecule has 0 bridgehead atoms. The number of aromatic nitrogens is 10. The molecule has 22 aromatic rings. The zero-order valence-electron chi connectivity index (χ0n) is 59.4. The van der Waals surface area contributed by atoms with Crippen molar-refractivity contribution in [1.82, 2.24) is 48.2 Å². The van der Waals surface area contributed by atoms with E-state index in [-0.39, 0.29) is 0 Å². The number of hydrogen-bond acceptors (Lipinski definition) is 6. The minimum atomic E-state index is 0.622. The summed E-state index contributed by atoms with van der Waals surface area (Å²) in [5.74, 6) is 3.83. The van der Waals surface area contributed by atoms with Gasteiger partial charge in [0.1, 0.15) is 0 Å². The molecule has 0 atom stereocenters. The maximum absolute atomic E-state index is 5.10. The Kier molecular flexibility index (Phi) is 15.3. The number of nitrogens with zero attached hydrogens (tertiary/aromatic N) is 10. The summed E-state index contributed by atoms with van der Waals surface area (Å²) in [4.78, 5) is 30.2. The molecule has 22 rings (SSSR count). The van der Waals surface area contributed by atoms with Crippen LogP contribution >= 0.6 is 0 Å². The van der Waals surface area contributed by atoms with Gasteiger partial charge in [-0.2, -0.15) is 0 Å². The molecule has 0 N–H and O–H groups in total. The summed E-state index contributed by atoms with van der Waals surface area (Å²) in [6, 6.07) is 137. The largest absolute Gasteiger partial charge is 0.309 e. The van der Waals surface area contributed by atoms with Crippen molar-refractivity contribution in [1.29, 1.82) is 0 Å². The normalized spacial score (nSPS) is 11.6. The Labute approximate surface area is 632 Å². The second kappa shape index (κ2) is 26.5. The highest BCUT2D eigenvalue weighted by atomic mass is 15.1. The lowest BCUT2D eigenvalue weighted by molar-refractivity contribution is 1.07. The van der Waals surface area contributed by atoms with E-state index >= 15 is 0 Å². The van der Waals surface area contributed by atoms with Gasteiger partial charge in [-0.05, 0) is 108 Å². The SMILES string of the molecule is c1ccc(-c2ccc3c4cc5c6ccccc6n(-c6ccccc6)c5cc4n(-c4cccc(-c5nc(-c6ccccc6)nc(-c6ccccc6)n5)c4)c3c2)cc1.c1ccc(-c2nc(-c3ccccc3)nc(-c3cccc4c(-n5c6ccccc6c6cc7c8ccccc8n(-c8ccccc8)c7cc65)cccc34)n2)cc1. The highest BCUT2D eigenvalue weighted by Gasteiger charge is 2.24. The maximum Gasteiger partial charge on any atom is 0.164 e. The van der Waals surface area contributed by atoms with E-state index in [1.54, 1.807) is 0 Å². The van der Waals surface area contributed by atoms with Crippen molar-refractivity contribution in [3.8, 4) is 102 Å². The van der Waals surface area contributed by atoms with E-state index in [0.29, 0.717) is 34.9 Å². The minimum absolute atomic E-state index is 0.622. The molecule has 0 fully saturated rings. The van der Waals surface area contributed by atoms with Crippen LogP contribution in [0.2, 0.25) is 0 Å². The molecule has 0 unspecified atom stereocenters. The Morgan fingerprint density at radius 3 is 0.918 bits per heavy atom. The summed E-state index contributed by atoms with van der Waals surface area (Å²) in [6.07, 6.45) is 0. The fourth-order valence-electron chi connectivity index (χ4n) is 16.3. The number of fused-ring (bicyclic) bond motifs is 13. The Bertz CT molecular complexity index is 7180. The molecule has 514 valence electrons. The summed E-state index contributed by atoms with van der Waals surface area (Å²) < 4.78 is 9.62. The zero-order chi connectivity index (χ0) is 72.6. The number of hydrogen-bond donors (Lipinski definition) is 0. The minimum Gasteiger partial charge on any atom is -0.309 e. The van der Waals surface area contributed by atoms with Crippen LogP contribution in [0.4, 0.5) is 0 Å². The predicted molar refractivity (Wildman–Crippen MR) is 453 cm³/mol. The van der Waals surface area contributed by atoms with E-state index in [1.165, 1.54) is 70.8 Å². The first-order valence-corrected chi connectivity index (χ1v) is 37.1. The van der Waals surface area contributed by atoms with Crippen LogP contribution in [0, 0.1) is 0 Å². The second-order valence-corrected chi connectivity index (χ2v) is 27.7. The summed E-state index contributed by atoms with van der Waals surface area (Å²) in [5.41, 5.74) is 21.7. The van der Waals surface area contributed by atoms with Crippen LogP contribution in [0.5, 0.6) is 0 Å². The van der Waals surface area contributed by atoms with Gasteiger partial charge in [0.15, 0.2) is 34.9 Å². The lowest BCUT2D eigenvalue weighted by Crippen LogP contribution is -2.01. The topological polar surface area (TPSA) is 97.1 Å². The van der Waals surface area contributed by atoms with E-state index in [4.69, 9.17) is 29.9 Å². The van der Waals surface area contributed by atoms with Crippen LogP contribution in [0.1, 0.15) is 0 Å². The molecule has 6 aromatic heterocycles. The summed E-state index contributed by atoms with van der Waals surface area (Å²) in [6.45, 7) is 0. The third kappa shape index (κ3) is 10.9. The fourth-order valence-corrected chi connectivity index (χ4v) is 16.3. The van der Waals surface area contributed by atoms with Crippen molar-refractivity contribution < 1.29 is 0 Å². The van der Waals surface area contributed by atoms with Gasteiger partial charge >= 0.3 is 0 Å². The van der Waals surface area contributed by atoms with Gasteiger partial charge in [0.25, 0.3) is 0 Å². The number of benzene rings is 16. The van der Waals surface area contributed by atoms with Crippen molar-refractivity contribution in [2.24, 2.45) is 0 Å². The third-order valence-corrected chi connectivity index (χ3v) is 21.3. The highest BCUT2D eigenvalue weighted by molar-refractivity contribution is 6.21. The van der Waals surface area contributed by atoms with Crippen molar-refractivity contribution >= 4 is 98.0 Å². The Hall–Kier alpha value is -15.0. The van der Waals surface area contributed by atoms with Gasteiger partial charge in [-0.3, -0.25) is 0 Å². The molecule has 16 aromatic carbocycles. The first-order chi connectivity index (χ1) is 54.6. The van der Waals surface area contributed by atoms with Crippen molar-refractivity contribution in [2.75, 3.05) is 0 Å². The average Bonchev–Trinajstić information content (AvgIpc) is 1.57. The van der Waals surface area contributed by atoms with E-state index in [0.717, 1.165) is 94.5 Å². The van der Waals surface area contributed by atoms with Crippen LogP contribution in [0.25, 0.3) is 200 Å². The van der Waals surface area contributed by atoms with Crippen molar-refractivity contribution in [2.45, 2.75) is 0 Å². The molecule has 0 aliphatic carbocycles. The molecule has 0 aliphatic rings. The van der Waals surface area contributed by atoms with Crippen LogP contribution in [0.3, 0.4) is 0 Å². The lowest BCUT2D eigenvalue weighted by Gasteiger charge is -2.15. The molecule has 6 heterocycles. The Balaban J connectivity index is 0.000000140. The quantitative estimate of drug-likeness (QED) is 0.128. The van der Waals surface area contributed by atoms with E-state index in [1.807, 2.05) is 121 Å². The van der Waals surface area contributed by atoms with Crippen molar-refractivity contribution in [3.05, 3.63) is 388 Å². The first-order valence-electron chi connectivity index (χ1n) is 37.1. The standard InChI is InChI=1S/C51H33N5.C49H31N5/c1-5-16-34(17-6-1)37-28-29-42-44-32-43-41-26-13-14-27-45(41)55(39-23-11-4-12-24-39)47(43)33-48(44)56(46(42)31-37)40-25-15-22-38(30-40)51-53-49(35-18-7-2-8-19-35)52-50(54-51)36-20-9-3-10-21-36;1-4-16-32(17-5-1)47-50-48(33-18-6-2-7-19-33)52-49(51-47)39-26-14-25-36-35(39)24-15-29-44(36)54-43-28-13-11-23-38(43)41-30-40-37-22-10-12-27-42(37)53(45(40)31-46(41)54)34-20-8-3-9-21-34/h1-33H;1-31H. The molecule has 0 amide bonds. The second-order valence-electron chi connectivity index (χ2n) is 27.7. The van der Waals surface area contributed by atoms with Crippen LogP contribution in [-0.2, 0) is 0 Å². The molecule has 10 nitrogen and oxygen atoms in total. The third-order valence-electron chi connectivity index (χ3n) is 21.3.